The Morgan fingerprint density at radius 2 is 1.76 bits per heavy atom. The molecule has 1 aliphatic rings. The van der Waals surface area contributed by atoms with Crippen LogP contribution in [0.15, 0.2) is 48.5 Å². The first kappa shape index (κ1) is 17.5. The molecular formula is C21H26N2O2. The number of nitrogens with zero attached hydrogens (tertiary/aromatic N) is 1. The van der Waals surface area contributed by atoms with Crippen molar-refractivity contribution in [2.75, 3.05) is 30.4 Å². The zero-order valence-electron chi connectivity index (χ0n) is 14.8. The monoisotopic (exact) mass is 338 g/mol. The van der Waals surface area contributed by atoms with Gasteiger partial charge in [-0.05, 0) is 54.8 Å². The van der Waals surface area contributed by atoms with E-state index in [0.29, 0.717) is 12.2 Å². The van der Waals surface area contributed by atoms with Gasteiger partial charge in [0.1, 0.15) is 0 Å². The molecular weight excluding hydrogens is 312 g/mol. The van der Waals surface area contributed by atoms with Gasteiger partial charge in [0.05, 0.1) is 6.61 Å². The number of hydrogen-bond donors (Lipinski definition) is 1. The van der Waals surface area contributed by atoms with Crippen LogP contribution in [0.5, 0.6) is 0 Å². The summed E-state index contributed by atoms with van der Waals surface area (Å²) in [5.74, 6) is -0.0968. The summed E-state index contributed by atoms with van der Waals surface area (Å²) < 4.78 is 5.12. The predicted molar refractivity (Wildman–Crippen MR) is 102 cm³/mol. The Kier molecular flexibility index (Phi) is 6.07. The molecule has 0 atom stereocenters. The molecule has 0 radical (unpaired) electrons. The molecule has 0 unspecified atom stereocenters. The zero-order valence-corrected chi connectivity index (χ0v) is 14.8. The number of anilines is 2. The first-order valence-electron chi connectivity index (χ1n) is 9.00. The minimum Gasteiger partial charge on any atom is -0.380 e. The number of amides is 1. The summed E-state index contributed by atoms with van der Waals surface area (Å²) in [5, 5.41) is 2.97. The van der Waals surface area contributed by atoms with E-state index in [2.05, 4.69) is 22.3 Å². The lowest BCUT2D eigenvalue weighted by molar-refractivity contribution is 0.102. The van der Waals surface area contributed by atoms with Gasteiger partial charge in [-0.2, -0.15) is 0 Å². The molecule has 1 heterocycles. The van der Waals surface area contributed by atoms with Crippen LogP contribution in [0.2, 0.25) is 0 Å². The van der Waals surface area contributed by atoms with E-state index in [1.54, 1.807) is 7.11 Å². The highest BCUT2D eigenvalue weighted by atomic mass is 16.5. The third-order valence-electron chi connectivity index (χ3n) is 4.60. The maximum atomic E-state index is 12.4. The van der Waals surface area contributed by atoms with E-state index in [1.807, 2.05) is 36.4 Å². The summed E-state index contributed by atoms with van der Waals surface area (Å²) in [6, 6.07) is 15.7. The van der Waals surface area contributed by atoms with Crippen molar-refractivity contribution < 1.29 is 9.53 Å². The van der Waals surface area contributed by atoms with Crippen molar-refractivity contribution in [2.45, 2.75) is 32.3 Å². The molecule has 1 amide bonds. The summed E-state index contributed by atoms with van der Waals surface area (Å²) in [5.41, 5.74) is 3.69. The van der Waals surface area contributed by atoms with E-state index >= 15 is 0 Å². The Bertz CT molecular complexity index is 689. The van der Waals surface area contributed by atoms with Crippen LogP contribution in [-0.2, 0) is 11.3 Å². The van der Waals surface area contributed by atoms with Crippen LogP contribution in [0, 0.1) is 0 Å². The molecule has 2 aromatic rings. The molecule has 1 aliphatic heterocycles. The van der Waals surface area contributed by atoms with Crippen LogP contribution >= 0.6 is 0 Å². The lowest BCUT2D eigenvalue weighted by Crippen LogP contribution is -2.23. The molecule has 0 spiro atoms. The topological polar surface area (TPSA) is 41.6 Å². The first-order valence-corrected chi connectivity index (χ1v) is 9.00. The number of nitrogens with one attached hydrogen (secondary N) is 1. The Hall–Kier alpha value is -2.33. The average Bonchev–Trinajstić information content (AvgIpc) is 2.92. The first-order chi connectivity index (χ1) is 12.3. The number of carbonyl (C=O) groups excluding carboxylic acids is 1. The molecule has 3 rings (SSSR count). The summed E-state index contributed by atoms with van der Waals surface area (Å²) in [4.78, 5) is 14.9. The van der Waals surface area contributed by atoms with Crippen molar-refractivity contribution in [1.29, 1.82) is 0 Å². The van der Waals surface area contributed by atoms with Gasteiger partial charge in [0.2, 0.25) is 0 Å². The molecule has 4 heteroatoms. The van der Waals surface area contributed by atoms with Gasteiger partial charge in [-0.1, -0.05) is 25.0 Å². The summed E-state index contributed by atoms with van der Waals surface area (Å²) in [6.07, 6.45) is 5.17. The third-order valence-corrected chi connectivity index (χ3v) is 4.60. The van der Waals surface area contributed by atoms with Gasteiger partial charge >= 0.3 is 0 Å². The third kappa shape index (κ3) is 4.83. The van der Waals surface area contributed by atoms with Crippen LogP contribution in [0.25, 0.3) is 0 Å². The molecule has 0 saturated carbocycles. The van der Waals surface area contributed by atoms with Gasteiger partial charge in [-0.3, -0.25) is 4.79 Å². The predicted octanol–water partition coefficient (Wildman–Crippen LogP) is 4.47. The Labute approximate surface area is 149 Å². The zero-order chi connectivity index (χ0) is 17.5. The fraction of sp³-hybridized carbons (Fsp3) is 0.381. The molecule has 0 aliphatic carbocycles. The van der Waals surface area contributed by atoms with E-state index in [9.17, 15) is 4.79 Å². The molecule has 0 aromatic heterocycles. The smallest absolute Gasteiger partial charge is 0.255 e. The summed E-state index contributed by atoms with van der Waals surface area (Å²) >= 11 is 0. The second-order valence-corrected chi connectivity index (χ2v) is 6.54. The van der Waals surface area contributed by atoms with E-state index in [0.717, 1.165) is 24.3 Å². The lowest BCUT2D eigenvalue weighted by Gasteiger charge is -2.22. The van der Waals surface area contributed by atoms with Crippen molar-refractivity contribution in [3.05, 3.63) is 59.7 Å². The number of benzene rings is 2. The van der Waals surface area contributed by atoms with Gasteiger partial charge in [0.15, 0.2) is 0 Å². The van der Waals surface area contributed by atoms with Crippen molar-refractivity contribution in [1.82, 2.24) is 0 Å². The molecule has 0 bridgehead atoms. The van der Waals surface area contributed by atoms with E-state index < -0.39 is 0 Å². The molecule has 4 nitrogen and oxygen atoms in total. The molecule has 1 fully saturated rings. The highest BCUT2D eigenvalue weighted by molar-refractivity contribution is 6.04. The highest BCUT2D eigenvalue weighted by Crippen LogP contribution is 2.22. The maximum absolute atomic E-state index is 12.4. The number of carbonyl (C=O) groups is 1. The van der Waals surface area contributed by atoms with Crippen LogP contribution < -0.4 is 10.2 Å². The fourth-order valence-electron chi connectivity index (χ4n) is 3.26. The van der Waals surface area contributed by atoms with Gasteiger partial charge in [-0.15, -0.1) is 0 Å². The van der Waals surface area contributed by atoms with E-state index in [4.69, 9.17) is 4.74 Å². The van der Waals surface area contributed by atoms with Crippen molar-refractivity contribution in [2.24, 2.45) is 0 Å². The van der Waals surface area contributed by atoms with Gasteiger partial charge in [0, 0.05) is 37.1 Å². The minimum absolute atomic E-state index is 0.0968. The SMILES string of the molecule is COCc1cccc(C(=O)Nc2ccc(N3CCCCCC3)cc2)c1. The highest BCUT2D eigenvalue weighted by Gasteiger charge is 2.11. The summed E-state index contributed by atoms with van der Waals surface area (Å²) in [6.45, 7) is 2.75. The quantitative estimate of drug-likeness (QED) is 0.875. The molecule has 1 N–H and O–H groups in total. The number of hydrogen-bond acceptors (Lipinski definition) is 3. The van der Waals surface area contributed by atoms with Crippen LogP contribution in [0.4, 0.5) is 11.4 Å². The second kappa shape index (κ2) is 8.67. The average molecular weight is 338 g/mol. The van der Waals surface area contributed by atoms with Crippen LogP contribution in [0.1, 0.15) is 41.6 Å². The number of methoxy groups -OCH3 is 1. The molecule has 25 heavy (non-hydrogen) atoms. The standard InChI is InChI=1S/C21H26N2O2/c1-25-16-17-7-6-8-18(15-17)21(24)22-19-9-11-20(12-10-19)23-13-4-2-3-5-14-23/h6-12,15H,2-5,13-14,16H2,1H3,(H,22,24). The van der Waals surface area contributed by atoms with Crippen molar-refractivity contribution >= 4 is 17.3 Å². The Balaban J connectivity index is 1.64. The number of ether oxygens (including phenoxy) is 1. The number of rotatable bonds is 5. The Morgan fingerprint density at radius 1 is 1.04 bits per heavy atom. The van der Waals surface area contributed by atoms with E-state index in [1.165, 1.54) is 31.4 Å². The van der Waals surface area contributed by atoms with Crippen molar-refractivity contribution in [3.63, 3.8) is 0 Å². The minimum atomic E-state index is -0.0968. The maximum Gasteiger partial charge on any atom is 0.255 e. The molecule has 1 saturated heterocycles. The van der Waals surface area contributed by atoms with Crippen molar-refractivity contribution in [3.8, 4) is 0 Å². The fourth-order valence-corrected chi connectivity index (χ4v) is 3.26. The largest absolute Gasteiger partial charge is 0.380 e. The van der Waals surface area contributed by atoms with Gasteiger partial charge in [0.25, 0.3) is 5.91 Å². The van der Waals surface area contributed by atoms with Gasteiger partial charge < -0.3 is 15.0 Å². The van der Waals surface area contributed by atoms with E-state index in [-0.39, 0.29) is 5.91 Å². The molecule has 132 valence electrons. The summed E-state index contributed by atoms with van der Waals surface area (Å²) in [7, 11) is 1.65. The normalized spacial score (nSPS) is 14.8. The lowest BCUT2D eigenvalue weighted by atomic mass is 10.1. The Morgan fingerprint density at radius 3 is 2.44 bits per heavy atom. The second-order valence-electron chi connectivity index (χ2n) is 6.54. The van der Waals surface area contributed by atoms with Gasteiger partial charge in [-0.25, -0.2) is 0 Å². The van der Waals surface area contributed by atoms with Crippen LogP contribution in [0.3, 0.4) is 0 Å². The molecule has 2 aromatic carbocycles. The van der Waals surface area contributed by atoms with Crippen LogP contribution in [-0.4, -0.2) is 26.1 Å².